The van der Waals surface area contributed by atoms with Crippen LogP contribution < -0.4 is 0 Å². The van der Waals surface area contributed by atoms with E-state index in [1.807, 2.05) is 27.7 Å². The maximum absolute atomic E-state index is 13.1. The van der Waals surface area contributed by atoms with Crippen LogP contribution in [-0.4, -0.2) is 29.9 Å². The third-order valence-corrected chi connectivity index (χ3v) is 9.31. The van der Waals surface area contributed by atoms with Crippen LogP contribution in [0.5, 0.6) is 0 Å². The summed E-state index contributed by atoms with van der Waals surface area (Å²) in [6, 6.07) is 0. The van der Waals surface area contributed by atoms with Gasteiger partial charge in [-0.3, -0.25) is 9.59 Å². The minimum Gasteiger partial charge on any atom is -0.423 e. The van der Waals surface area contributed by atoms with Crippen LogP contribution in [0.25, 0.3) is 0 Å². The van der Waals surface area contributed by atoms with E-state index in [0.29, 0.717) is 25.7 Å². The van der Waals surface area contributed by atoms with Gasteiger partial charge in [-0.25, -0.2) is 4.79 Å². The first-order chi connectivity index (χ1) is 25.2. The molecule has 52 heavy (non-hydrogen) atoms. The Morgan fingerprint density at radius 1 is 0.423 bits per heavy atom. The van der Waals surface area contributed by atoms with Crippen molar-refractivity contribution in [1.29, 1.82) is 0 Å². The monoisotopic (exact) mass is 727 g/mol. The fourth-order valence-corrected chi connectivity index (χ4v) is 6.15. The lowest BCUT2D eigenvalue weighted by atomic mass is 9.98. The van der Waals surface area contributed by atoms with Gasteiger partial charge in [0.1, 0.15) is 0 Å². The number of carbonyl (C=O) groups is 3. The van der Waals surface area contributed by atoms with Gasteiger partial charge in [0.15, 0.2) is 23.8 Å². The van der Waals surface area contributed by atoms with Crippen molar-refractivity contribution in [2.24, 2.45) is 11.8 Å². The van der Waals surface area contributed by atoms with E-state index in [1.165, 1.54) is 64.2 Å². The van der Waals surface area contributed by atoms with Crippen molar-refractivity contribution in [3.05, 3.63) is 48.6 Å². The number of rotatable bonds is 36. The molecule has 0 N–H and O–H groups in total. The highest BCUT2D eigenvalue weighted by atomic mass is 16.7. The molecule has 5 heteroatoms. The Kier molecular flexibility index (Phi) is 35.2. The molecule has 0 saturated carbocycles. The molecule has 0 radical (unpaired) electrons. The van der Waals surface area contributed by atoms with Crippen molar-refractivity contribution in [1.82, 2.24) is 0 Å². The summed E-state index contributed by atoms with van der Waals surface area (Å²) in [6.45, 7) is 12.5. The zero-order valence-corrected chi connectivity index (χ0v) is 34.9. The number of ether oxygens (including phenoxy) is 2. The topological polar surface area (TPSA) is 69.7 Å². The Bertz CT molecular complexity index is 896. The lowest BCUT2D eigenvalue weighted by Gasteiger charge is -2.22. The zero-order valence-electron chi connectivity index (χ0n) is 34.9. The molecule has 0 bridgehead atoms. The van der Waals surface area contributed by atoms with E-state index in [9.17, 15) is 14.4 Å². The quantitative estimate of drug-likeness (QED) is 0.0365. The summed E-state index contributed by atoms with van der Waals surface area (Å²) in [6.07, 6.45) is 42.2. The van der Waals surface area contributed by atoms with Gasteiger partial charge in [0.2, 0.25) is 0 Å². The van der Waals surface area contributed by atoms with Gasteiger partial charge in [-0.1, -0.05) is 154 Å². The van der Waals surface area contributed by atoms with Crippen molar-refractivity contribution in [2.45, 2.75) is 221 Å². The average molecular weight is 727 g/mol. The molecule has 2 unspecified atom stereocenters. The minimum absolute atomic E-state index is 0.0480. The van der Waals surface area contributed by atoms with Gasteiger partial charge in [0.05, 0.1) is 0 Å². The third-order valence-electron chi connectivity index (χ3n) is 9.31. The molecule has 0 heterocycles. The molecule has 2 atom stereocenters. The summed E-state index contributed by atoms with van der Waals surface area (Å²) in [4.78, 5) is 39.1. The number of unbranched alkanes of at least 4 members (excludes halogenated alkanes) is 16. The van der Waals surface area contributed by atoms with E-state index in [0.717, 1.165) is 77.0 Å². The number of hydrogen-bond acceptors (Lipinski definition) is 5. The van der Waals surface area contributed by atoms with Gasteiger partial charge < -0.3 is 9.47 Å². The van der Waals surface area contributed by atoms with Crippen LogP contribution in [0.1, 0.15) is 208 Å². The van der Waals surface area contributed by atoms with E-state index in [2.05, 4.69) is 62.5 Å². The minimum atomic E-state index is -0.891. The molecule has 300 valence electrons. The summed E-state index contributed by atoms with van der Waals surface area (Å²) < 4.78 is 11.2. The predicted molar refractivity (Wildman–Crippen MR) is 223 cm³/mol. The number of ketones is 2. The first-order valence-corrected chi connectivity index (χ1v) is 21.7. The molecule has 0 aliphatic rings. The van der Waals surface area contributed by atoms with Crippen LogP contribution in [0, 0.1) is 11.8 Å². The molecule has 0 aliphatic carbocycles. The molecule has 0 fully saturated rings. The fourth-order valence-electron chi connectivity index (χ4n) is 6.15. The van der Waals surface area contributed by atoms with E-state index < -0.39 is 18.4 Å². The summed E-state index contributed by atoms with van der Waals surface area (Å²) in [5, 5.41) is 0. The van der Waals surface area contributed by atoms with Crippen molar-refractivity contribution in [3.8, 4) is 0 Å². The van der Waals surface area contributed by atoms with Gasteiger partial charge >= 0.3 is 6.16 Å². The molecule has 0 aromatic carbocycles. The van der Waals surface area contributed by atoms with Crippen LogP contribution >= 0.6 is 0 Å². The molecular weight excluding hydrogens is 645 g/mol. The Hall–Kier alpha value is -2.43. The highest BCUT2D eigenvalue weighted by Crippen LogP contribution is 2.19. The largest absolute Gasteiger partial charge is 0.509 e. The number of Topliss-reactive ketones (excluding diaryl/α,β-unsaturated/α-hetero) is 2. The van der Waals surface area contributed by atoms with E-state index in [4.69, 9.17) is 9.47 Å². The Morgan fingerprint density at radius 2 is 0.731 bits per heavy atom. The van der Waals surface area contributed by atoms with Crippen molar-refractivity contribution >= 4 is 17.7 Å². The first-order valence-electron chi connectivity index (χ1n) is 21.7. The second-order valence-corrected chi connectivity index (χ2v) is 15.6. The number of carbonyl (C=O) groups excluding carboxylic acids is 3. The Balaban J connectivity index is 4.40. The van der Waals surface area contributed by atoms with Gasteiger partial charge in [-0.05, 0) is 102 Å². The summed E-state index contributed by atoms with van der Waals surface area (Å²) in [5.41, 5.74) is 0. The van der Waals surface area contributed by atoms with Crippen molar-refractivity contribution < 1.29 is 23.9 Å². The first kappa shape index (κ1) is 49.6. The Morgan fingerprint density at radius 3 is 1.06 bits per heavy atom. The maximum Gasteiger partial charge on any atom is 0.509 e. The molecule has 0 aliphatic heterocycles. The van der Waals surface area contributed by atoms with Crippen LogP contribution in [0.2, 0.25) is 0 Å². The Labute approximate surface area is 321 Å². The normalized spacial score (nSPS) is 13.4. The second-order valence-electron chi connectivity index (χ2n) is 15.6. The van der Waals surface area contributed by atoms with Crippen LogP contribution in [0.15, 0.2) is 48.6 Å². The lowest BCUT2D eigenvalue weighted by molar-refractivity contribution is -0.134. The molecule has 0 aromatic rings. The van der Waals surface area contributed by atoms with Crippen LogP contribution in [0.4, 0.5) is 4.79 Å². The SMILES string of the molecule is CCCCC/C=C\C/C=C\CCCCCCCC(=O)C(CC(C)C)OC(=O)OC(CC(C)C)C(=O)CCCCCCC/C=C\C/C=C\CCCCC. The van der Waals surface area contributed by atoms with E-state index >= 15 is 0 Å². The molecule has 0 amide bonds. The van der Waals surface area contributed by atoms with Gasteiger partial charge in [-0.15, -0.1) is 0 Å². The van der Waals surface area contributed by atoms with Gasteiger partial charge in [0, 0.05) is 12.8 Å². The van der Waals surface area contributed by atoms with Crippen LogP contribution in [-0.2, 0) is 19.1 Å². The van der Waals surface area contributed by atoms with Crippen molar-refractivity contribution in [3.63, 3.8) is 0 Å². The lowest BCUT2D eigenvalue weighted by Crippen LogP contribution is -2.34. The molecule has 0 rings (SSSR count). The standard InChI is InChI=1S/C47H82O5/c1-7-9-11-13-15-17-19-21-23-25-27-29-31-33-35-37-43(48)45(39-41(3)4)51-47(50)52-46(40-42(5)6)44(49)38-36-34-32-30-28-26-24-22-20-18-16-14-12-10-8-2/h15-18,21-24,41-42,45-46H,7-14,19-20,25-40H2,1-6H3/b17-15-,18-16-,23-21-,24-22-. The highest BCUT2D eigenvalue weighted by Gasteiger charge is 2.29. The number of hydrogen-bond donors (Lipinski definition) is 0. The van der Waals surface area contributed by atoms with Crippen molar-refractivity contribution in [2.75, 3.05) is 0 Å². The summed E-state index contributed by atoms with van der Waals surface area (Å²) >= 11 is 0. The average Bonchev–Trinajstić information content (AvgIpc) is 3.10. The van der Waals surface area contributed by atoms with Gasteiger partial charge in [0.25, 0.3) is 0 Å². The molecular formula is C47H82O5. The predicted octanol–water partition coefficient (Wildman–Crippen LogP) is 14.7. The molecule has 0 spiro atoms. The van der Waals surface area contributed by atoms with E-state index in [-0.39, 0.29) is 23.4 Å². The molecule has 0 aromatic heterocycles. The maximum atomic E-state index is 13.1. The molecule has 0 saturated heterocycles. The van der Waals surface area contributed by atoms with Crippen LogP contribution in [0.3, 0.4) is 0 Å². The van der Waals surface area contributed by atoms with E-state index in [1.54, 1.807) is 0 Å². The summed E-state index contributed by atoms with van der Waals surface area (Å²) in [7, 11) is 0. The van der Waals surface area contributed by atoms with Gasteiger partial charge in [-0.2, -0.15) is 0 Å². The fraction of sp³-hybridized carbons (Fsp3) is 0.766. The second kappa shape index (κ2) is 36.9. The zero-order chi connectivity index (χ0) is 38.5. The number of allylic oxidation sites excluding steroid dienone is 8. The highest BCUT2D eigenvalue weighted by molar-refractivity contribution is 5.86. The molecule has 5 nitrogen and oxygen atoms in total. The summed E-state index contributed by atoms with van der Waals surface area (Å²) in [5.74, 6) is 0.289. The third kappa shape index (κ3) is 33.4. The smallest absolute Gasteiger partial charge is 0.423 e.